The summed E-state index contributed by atoms with van der Waals surface area (Å²) in [7, 11) is 0. The minimum atomic E-state index is -0.0648. The summed E-state index contributed by atoms with van der Waals surface area (Å²) in [5.74, 6) is 1.34. The Kier molecular flexibility index (Phi) is 4.85. The van der Waals surface area contributed by atoms with Crippen LogP contribution < -0.4 is 4.74 Å². The molecule has 16 heavy (non-hydrogen) atoms. The molecule has 0 spiro atoms. The molecule has 0 aromatic heterocycles. The van der Waals surface area contributed by atoms with E-state index in [0.29, 0.717) is 12.5 Å². The summed E-state index contributed by atoms with van der Waals surface area (Å²) in [6.45, 7) is 6.69. The fourth-order valence-corrected chi connectivity index (χ4v) is 1.49. The summed E-state index contributed by atoms with van der Waals surface area (Å²) in [6, 6.07) is 10.2. The Balaban J connectivity index is 2.76. The van der Waals surface area contributed by atoms with Gasteiger partial charge in [-0.2, -0.15) is 5.26 Å². The molecular weight excluding hydrogens is 198 g/mol. The smallest absolute Gasteiger partial charge is 0.122 e. The quantitative estimate of drug-likeness (QED) is 0.752. The van der Waals surface area contributed by atoms with Crippen LogP contribution in [0.1, 0.15) is 38.7 Å². The molecule has 2 unspecified atom stereocenters. The Morgan fingerprint density at radius 2 is 2.00 bits per heavy atom. The highest BCUT2D eigenvalue weighted by Crippen LogP contribution is 2.28. The number of hydrogen-bond donors (Lipinski definition) is 0. The Morgan fingerprint density at radius 1 is 1.31 bits per heavy atom. The first-order chi connectivity index (χ1) is 7.69. The molecule has 0 fully saturated rings. The molecule has 0 bridgehead atoms. The zero-order valence-electron chi connectivity index (χ0n) is 10.2. The van der Waals surface area contributed by atoms with E-state index in [1.807, 2.05) is 25.1 Å². The average Bonchev–Trinajstić information content (AvgIpc) is 2.35. The molecule has 0 saturated heterocycles. The van der Waals surface area contributed by atoms with E-state index in [1.165, 1.54) is 5.56 Å². The van der Waals surface area contributed by atoms with Gasteiger partial charge in [0.2, 0.25) is 0 Å². The SMILES string of the molecule is CCC(C)c1ccccc1OCC(C)C#N. The standard InChI is InChI=1S/C14H19NO/c1-4-12(3)13-7-5-6-8-14(13)16-10-11(2)9-15/h5-8,11-12H,4,10H2,1-3H3. The summed E-state index contributed by atoms with van der Waals surface area (Å²) in [6.07, 6.45) is 1.09. The van der Waals surface area contributed by atoms with Gasteiger partial charge in [0.15, 0.2) is 0 Å². The fourth-order valence-electron chi connectivity index (χ4n) is 1.49. The van der Waals surface area contributed by atoms with Crippen molar-refractivity contribution in [3.8, 4) is 11.8 Å². The first-order valence-corrected chi connectivity index (χ1v) is 5.80. The molecule has 0 amide bonds. The lowest BCUT2D eigenvalue weighted by Crippen LogP contribution is -2.08. The largest absolute Gasteiger partial charge is 0.492 e. The van der Waals surface area contributed by atoms with E-state index in [9.17, 15) is 0 Å². The minimum Gasteiger partial charge on any atom is -0.492 e. The Hall–Kier alpha value is -1.49. The van der Waals surface area contributed by atoms with Gasteiger partial charge in [-0.05, 0) is 30.9 Å². The van der Waals surface area contributed by atoms with Gasteiger partial charge in [-0.3, -0.25) is 0 Å². The molecular formula is C14H19NO. The van der Waals surface area contributed by atoms with Crippen molar-refractivity contribution in [1.29, 1.82) is 5.26 Å². The molecule has 0 N–H and O–H groups in total. The average molecular weight is 217 g/mol. The maximum Gasteiger partial charge on any atom is 0.122 e. The Bertz CT molecular complexity index is 367. The van der Waals surface area contributed by atoms with E-state index in [2.05, 4.69) is 26.0 Å². The van der Waals surface area contributed by atoms with Gasteiger partial charge in [0.25, 0.3) is 0 Å². The molecule has 0 radical (unpaired) electrons. The highest BCUT2D eigenvalue weighted by Gasteiger charge is 2.10. The topological polar surface area (TPSA) is 33.0 Å². The van der Waals surface area contributed by atoms with Crippen LogP contribution in [0, 0.1) is 17.2 Å². The van der Waals surface area contributed by atoms with Gasteiger partial charge < -0.3 is 4.74 Å². The Morgan fingerprint density at radius 3 is 2.62 bits per heavy atom. The molecule has 2 nitrogen and oxygen atoms in total. The van der Waals surface area contributed by atoms with Gasteiger partial charge in [0.05, 0.1) is 12.0 Å². The van der Waals surface area contributed by atoms with Crippen LogP contribution in [0.5, 0.6) is 5.75 Å². The first kappa shape index (κ1) is 12.6. The van der Waals surface area contributed by atoms with Gasteiger partial charge in [0.1, 0.15) is 12.4 Å². The maximum atomic E-state index is 8.71. The molecule has 2 atom stereocenters. The molecule has 86 valence electrons. The molecule has 0 saturated carbocycles. The normalized spacial score (nSPS) is 13.9. The van der Waals surface area contributed by atoms with E-state index in [1.54, 1.807) is 0 Å². The van der Waals surface area contributed by atoms with Crippen molar-refractivity contribution in [2.75, 3.05) is 6.61 Å². The number of para-hydroxylation sites is 1. The summed E-state index contributed by atoms with van der Waals surface area (Å²) in [5.41, 5.74) is 1.23. The van der Waals surface area contributed by atoms with Crippen LogP contribution in [-0.2, 0) is 0 Å². The van der Waals surface area contributed by atoms with Crippen molar-refractivity contribution in [3.05, 3.63) is 29.8 Å². The van der Waals surface area contributed by atoms with E-state index in [-0.39, 0.29) is 5.92 Å². The summed E-state index contributed by atoms with van der Waals surface area (Å²) >= 11 is 0. The minimum absolute atomic E-state index is 0.0648. The van der Waals surface area contributed by atoms with Crippen molar-refractivity contribution in [3.63, 3.8) is 0 Å². The van der Waals surface area contributed by atoms with Gasteiger partial charge >= 0.3 is 0 Å². The van der Waals surface area contributed by atoms with Crippen molar-refractivity contribution in [2.24, 2.45) is 5.92 Å². The molecule has 1 aromatic rings. The number of rotatable bonds is 5. The van der Waals surface area contributed by atoms with Crippen LogP contribution in [0.3, 0.4) is 0 Å². The van der Waals surface area contributed by atoms with Gasteiger partial charge in [-0.15, -0.1) is 0 Å². The zero-order valence-corrected chi connectivity index (χ0v) is 10.2. The van der Waals surface area contributed by atoms with Crippen LogP contribution in [0.15, 0.2) is 24.3 Å². The molecule has 0 aliphatic heterocycles. The van der Waals surface area contributed by atoms with E-state index in [0.717, 1.165) is 12.2 Å². The monoisotopic (exact) mass is 217 g/mol. The fraction of sp³-hybridized carbons (Fsp3) is 0.500. The maximum absolute atomic E-state index is 8.71. The third-order valence-corrected chi connectivity index (χ3v) is 2.77. The predicted octanol–water partition coefficient (Wildman–Crippen LogP) is 3.74. The van der Waals surface area contributed by atoms with Crippen molar-refractivity contribution < 1.29 is 4.74 Å². The second-order valence-corrected chi connectivity index (χ2v) is 4.19. The van der Waals surface area contributed by atoms with Crippen LogP contribution in [0.25, 0.3) is 0 Å². The second-order valence-electron chi connectivity index (χ2n) is 4.19. The van der Waals surface area contributed by atoms with Crippen molar-refractivity contribution >= 4 is 0 Å². The number of ether oxygens (including phenoxy) is 1. The van der Waals surface area contributed by atoms with Crippen molar-refractivity contribution in [1.82, 2.24) is 0 Å². The van der Waals surface area contributed by atoms with Gasteiger partial charge in [-0.25, -0.2) is 0 Å². The molecule has 0 aliphatic carbocycles. The molecule has 0 aliphatic rings. The number of nitriles is 1. The third kappa shape index (κ3) is 3.27. The summed E-state index contributed by atoms with van der Waals surface area (Å²) in [5, 5.41) is 8.71. The van der Waals surface area contributed by atoms with Crippen LogP contribution in [-0.4, -0.2) is 6.61 Å². The number of benzene rings is 1. The van der Waals surface area contributed by atoms with Gasteiger partial charge in [0, 0.05) is 0 Å². The number of nitrogens with zero attached hydrogens (tertiary/aromatic N) is 1. The molecule has 1 rings (SSSR count). The molecule has 0 heterocycles. The highest BCUT2D eigenvalue weighted by molar-refractivity contribution is 5.35. The van der Waals surface area contributed by atoms with Crippen LogP contribution in [0.2, 0.25) is 0 Å². The predicted molar refractivity (Wildman–Crippen MR) is 65.4 cm³/mol. The van der Waals surface area contributed by atoms with Crippen LogP contribution >= 0.6 is 0 Å². The van der Waals surface area contributed by atoms with E-state index < -0.39 is 0 Å². The lowest BCUT2D eigenvalue weighted by molar-refractivity contribution is 0.284. The lowest BCUT2D eigenvalue weighted by atomic mass is 9.98. The number of hydrogen-bond acceptors (Lipinski definition) is 2. The molecule has 1 aromatic carbocycles. The lowest BCUT2D eigenvalue weighted by Gasteiger charge is -2.16. The zero-order chi connectivity index (χ0) is 12.0. The highest BCUT2D eigenvalue weighted by atomic mass is 16.5. The Labute approximate surface area is 97.9 Å². The van der Waals surface area contributed by atoms with Crippen LogP contribution in [0.4, 0.5) is 0 Å². The van der Waals surface area contributed by atoms with E-state index >= 15 is 0 Å². The van der Waals surface area contributed by atoms with Crippen molar-refractivity contribution in [2.45, 2.75) is 33.1 Å². The summed E-state index contributed by atoms with van der Waals surface area (Å²) < 4.78 is 5.69. The summed E-state index contributed by atoms with van der Waals surface area (Å²) in [4.78, 5) is 0. The van der Waals surface area contributed by atoms with E-state index in [4.69, 9.17) is 10.00 Å². The third-order valence-electron chi connectivity index (χ3n) is 2.77. The van der Waals surface area contributed by atoms with Gasteiger partial charge in [-0.1, -0.05) is 32.0 Å². The molecule has 2 heteroatoms. The first-order valence-electron chi connectivity index (χ1n) is 5.80. The second kappa shape index (κ2) is 6.17.